The molecule has 0 bridgehead atoms. The van der Waals surface area contributed by atoms with Gasteiger partial charge in [-0.1, -0.05) is 24.3 Å². The van der Waals surface area contributed by atoms with Gasteiger partial charge >= 0.3 is 6.36 Å². The average molecular weight is 502 g/mol. The van der Waals surface area contributed by atoms with E-state index < -0.39 is 18.0 Å². The number of nitrogens with zero attached hydrogens (tertiary/aromatic N) is 3. The van der Waals surface area contributed by atoms with Crippen LogP contribution in [0.5, 0.6) is 5.75 Å². The lowest BCUT2D eigenvalue weighted by molar-refractivity contribution is -0.274. The maximum absolute atomic E-state index is 12.8. The molecule has 2 aromatic heterocycles. The summed E-state index contributed by atoms with van der Waals surface area (Å²) >= 11 is 1.56. The van der Waals surface area contributed by atoms with Gasteiger partial charge in [-0.05, 0) is 24.3 Å². The zero-order chi connectivity index (χ0) is 24.4. The highest BCUT2D eigenvalue weighted by molar-refractivity contribution is 7.15. The maximum atomic E-state index is 12.8. The number of fused-ring (bicyclic) bond motifs is 1. The van der Waals surface area contributed by atoms with Crippen molar-refractivity contribution >= 4 is 27.9 Å². The van der Waals surface area contributed by atoms with Gasteiger partial charge in [0.2, 0.25) is 0 Å². The van der Waals surface area contributed by atoms with Gasteiger partial charge < -0.3 is 15.4 Å². The Hall–Kier alpha value is -3.41. The predicted octanol–water partition coefficient (Wildman–Crippen LogP) is 4.62. The smallest absolute Gasteiger partial charge is 0.406 e. The van der Waals surface area contributed by atoms with Crippen molar-refractivity contribution in [3.8, 4) is 17.0 Å². The zero-order valence-electron chi connectivity index (χ0n) is 18.5. The minimum absolute atomic E-state index is 0.0469. The van der Waals surface area contributed by atoms with Gasteiger partial charge in [-0.25, -0.2) is 4.98 Å². The summed E-state index contributed by atoms with van der Waals surface area (Å²) in [6.07, 6.45) is -2.88. The van der Waals surface area contributed by atoms with E-state index in [2.05, 4.69) is 30.1 Å². The number of ether oxygens (including phenoxy) is 1. The fourth-order valence-electron chi connectivity index (χ4n) is 4.02. The molecule has 0 atom stereocenters. The van der Waals surface area contributed by atoms with E-state index in [-0.39, 0.29) is 5.56 Å². The molecule has 5 rings (SSSR count). The van der Waals surface area contributed by atoms with Crippen LogP contribution in [-0.4, -0.2) is 52.7 Å². The van der Waals surface area contributed by atoms with Crippen LogP contribution in [-0.2, 0) is 6.54 Å². The van der Waals surface area contributed by atoms with Crippen LogP contribution in [0.3, 0.4) is 0 Å². The molecular weight excluding hydrogens is 479 g/mol. The number of rotatable bonds is 6. The van der Waals surface area contributed by atoms with Gasteiger partial charge in [0, 0.05) is 61.1 Å². The van der Waals surface area contributed by atoms with E-state index in [4.69, 9.17) is 4.98 Å². The van der Waals surface area contributed by atoms with Gasteiger partial charge in [0.15, 0.2) is 4.96 Å². The molecule has 0 unspecified atom stereocenters. The molecule has 0 saturated carbocycles. The van der Waals surface area contributed by atoms with E-state index >= 15 is 0 Å². The number of piperazine rings is 1. The number of carbonyl (C=O) groups is 1. The first-order valence-corrected chi connectivity index (χ1v) is 11.9. The largest absolute Gasteiger partial charge is 0.573 e. The maximum Gasteiger partial charge on any atom is 0.573 e. The van der Waals surface area contributed by atoms with E-state index in [9.17, 15) is 18.0 Å². The number of halogens is 3. The lowest BCUT2D eigenvalue weighted by atomic mass is 10.1. The number of benzene rings is 2. The topological polar surface area (TPSA) is 70.9 Å². The summed E-state index contributed by atoms with van der Waals surface area (Å²) in [5, 5.41) is 8.26. The first kappa shape index (κ1) is 23.3. The Kier molecular flexibility index (Phi) is 6.46. The molecule has 1 amide bonds. The fourth-order valence-corrected chi connectivity index (χ4v) is 4.88. The van der Waals surface area contributed by atoms with Gasteiger partial charge in [0.05, 0.1) is 11.4 Å². The summed E-state index contributed by atoms with van der Waals surface area (Å²) in [6, 6.07) is 12.2. The Morgan fingerprint density at radius 3 is 2.74 bits per heavy atom. The van der Waals surface area contributed by atoms with Crippen molar-refractivity contribution in [2.45, 2.75) is 12.9 Å². The van der Waals surface area contributed by atoms with Crippen molar-refractivity contribution in [3.63, 3.8) is 0 Å². The third kappa shape index (κ3) is 5.47. The number of thiazole rings is 1. The van der Waals surface area contributed by atoms with Crippen molar-refractivity contribution in [2.24, 2.45) is 0 Å². The molecule has 11 heteroatoms. The third-order valence-electron chi connectivity index (χ3n) is 5.66. The average Bonchev–Trinajstić information content (AvgIpc) is 3.41. The Morgan fingerprint density at radius 2 is 1.94 bits per heavy atom. The van der Waals surface area contributed by atoms with Crippen LogP contribution in [0.1, 0.15) is 16.1 Å². The number of imidazole rings is 1. The molecule has 1 aliphatic rings. The normalized spacial score (nSPS) is 14.8. The van der Waals surface area contributed by atoms with Crippen molar-refractivity contribution in [1.82, 2.24) is 19.6 Å². The summed E-state index contributed by atoms with van der Waals surface area (Å²) < 4.78 is 43.6. The lowest BCUT2D eigenvalue weighted by Crippen LogP contribution is -2.43. The molecule has 182 valence electrons. The Labute approximate surface area is 203 Å². The molecule has 2 N–H and O–H groups in total. The Bertz CT molecular complexity index is 1340. The molecule has 3 heterocycles. The van der Waals surface area contributed by atoms with Gasteiger partial charge in [-0.3, -0.25) is 14.1 Å². The van der Waals surface area contributed by atoms with E-state index in [0.29, 0.717) is 16.9 Å². The molecule has 1 aliphatic heterocycles. The minimum atomic E-state index is -4.83. The number of hydrogen-bond acceptors (Lipinski definition) is 6. The van der Waals surface area contributed by atoms with Crippen LogP contribution in [0.2, 0.25) is 0 Å². The highest BCUT2D eigenvalue weighted by Crippen LogP contribution is 2.30. The number of carbonyl (C=O) groups excluding carboxylic acids is 1. The molecule has 0 radical (unpaired) electrons. The Morgan fingerprint density at radius 1 is 1.14 bits per heavy atom. The fraction of sp³-hybridized carbons (Fsp3) is 0.250. The van der Waals surface area contributed by atoms with Gasteiger partial charge in [0.25, 0.3) is 5.91 Å². The summed E-state index contributed by atoms with van der Waals surface area (Å²) in [5.41, 5.74) is 3.12. The quantitative estimate of drug-likeness (QED) is 0.404. The van der Waals surface area contributed by atoms with Crippen molar-refractivity contribution in [3.05, 3.63) is 71.4 Å². The van der Waals surface area contributed by atoms with Crippen LogP contribution >= 0.6 is 11.3 Å². The highest BCUT2D eigenvalue weighted by atomic mass is 32.1. The first-order valence-electron chi connectivity index (χ1n) is 11.0. The minimum Gasteiger partial charge on any atom is -0.406 e. The van der Waals surface area contributed by atoms with E-state index in [1.165, 1.54) is 12.1 Å². The molecule has 35 heavy (non-hydrogen) atoms. The van der Waals surface area contributed by atoms with Crippen LogP contribution in [0, 0.1) is 0 Å². The van der Waals surface area contributed by atoms with Gasteiger partial charge in [-0.15, -0.1) is 24.5 Å². The predicted molar refractivity (Wildman–Crippen MR) is 128 cm³/mol. The number of aromatic nitrogens is 2. The number of amides is 1. The molecule has 1 saturated heterocycles. The molecule has 0 spiro atoms. The summed E-state index contributed by atoms with van der Waals surface area (Å²) in [7, 11) is 0. The van der Waals surface area contributed by atoms with Crippen LogP contribution in [0.4, 0.5) is 18.9 Å². The van der Waals surface area contributed by atoms with Crippen molar-refractivity contribution in [2.75, 3.05) is 31.5 Å². The van der Waals surface area contributed by atoms with Crippen molar-refractivity contribution in [1.29, 1.82) is 0 Å². The van der Waals surface area contributed by atoms with Crippen LogP contribution < -0.4 is 15.4 Å². The van der Waals surface area contributed by atoms with Crippen LogP contribution in [0.25, 0.3) is 16.2 Å². The number of alkyl halides is 3. The lowest BCUT2D eigenvalue weighted by Gasteiger charge is -2.26. The second kappa shape index (κ2) is 9.68. The second-order valence-corrected chi connectivity index (χ2v) is 8.94. The van der Waals surface area contributed by atoms with E-state index in [1.807, 2.05) is 18.3 Å². The highest BCUT2D eigenvalue weighted by Gasteiger charge is 2.31. The third-order valence-corrected chi connectivity index (χ3v) is 6.55. The Balaban J connectivity index is 1.38. The van der Waals surface area contributed by atoms with Gasteiger partial charge in [-0.2, -0.15) is 0 Å². The van der Waals surface area contributed by atoms with E-state index in [0.717, 1.165) is 55.5 Å². The molecule has 7 nitrogen and oxygen atoms in total. The number of nitrogens with one attached hydrogen (secondary N) is 2. The molecular formula is C24H22F3N5O2S. The first-order chi connectivity index (χ1) is 16.9. The number of para-hydroxylation sites is 1. The van der Waals surface area contributed by atoms with Crippen LogP contribution in [0.15, 0.2) is 60.1 Å². The molecule has 1 fully saturated rings. The van der Waals surface area contributed by atoms with Crippen molar-refractivity contribution < 1.29 is 22.7 Å². The molecule has 4 aromatic rings. The van der Waals surface area contributed by atoms with E-state index in [1.54, 1.807) is 23.5 Å². The zero-order valence-corrected chi connectivity index (χ0v) is 19.3. The SMILES string of the molecule is O=C(Nc1ccccc1-c1cn2c(CN3CCNCC3)csc2n1)c1cccc(OC(F)(F)F)c1. The molecule has 0 aliphatic carbocycles. The summed E-state index contributed by atoms with van der Waals surface area (Å²) in [4.78, 5) is 20.8. The molecule has 2 aromatic carbocycles. The monoisotopic (exact) mass is 501 g/mol. The summed E-state index contributed by atoms with van der Waals surface area (Å²) in [6.45, 7) is 4.75. The second-order valence-electron chi connectivity index (χ2n) is 8.11. The number of hydrogen-bond donors (Lipinski definition) is 2. The summed E-state index contributed by atoms with van der Waals surface area (Å²) in [5.74, 6) is -1.00. The number of anilines is 1. The van der Waals surface area contributed by atoms with Gasteiger partial charge in [0.1, 0.15) is 5.75 Å². The standard InChI is InChI=1S/C24H22F3N5O2S/c25-24(26,27)34-18-5-3-4-16(12-18)22(33)29-20-7-2-1-6-19(20)21-14-32-17(15-35-23(32)30-21)13-31-10-8-28-9-11-31/h1-7,12,14-15,28H,8-11,13H2,(H,29,33).